The molecule has 2 N–H and O–H groups in total. The Morgan fingerprint density at radius 1 is 0.929 bits per heavy atom. The summed E-state index contributed by atoms with van der Waals surface area (Å²) < 4.78 is 0. The summed E-state index contributed by atoms with van der Waals surface area (Å²) in [6.45, 7) is 12.2. The van der Waals surface area contributed by atoms with Crippen LogP contribution in [0.1, 0.15) is 53.4 Å². The molecule has 0 saturated carbocycles. The second-order valence-corrected chi connectivity index (χ2v) is 4.12. The van der Waals surface area contributed by atoms with Crippen LogP contribution in [0, 0.1) is 0 Å². The van der Waals surface area contributed by atoms with E-state index in [-0.39, 0.29) is 5.54 Å². The minimum absolute atomic E-state index is 0.256. The molecule has 0 fully saturated rings. The van der Waals surface area contributed by atoms with E-state index in [2.05, 4.69) is 32.6 Å². The van der Waals surface area contributed by atoms with Gasteiger partial charge in [0.25, 0.3) is 0 Å². The molecular formula is C12H28N2. The Kier molecular flexibility index (Phi) is 7.20. The standard InChI is InChI=1S/C12H28N2/c1-5-9-14(10-6-2)12(7-3,8-4)11-13/h5-11,13H2,1-4H3. The maximum absolute atomic E-state index is 5.95. The average Bonchev–Trinajstić information content (AvgIpc) is 2.22. The van der Waals surface area contributed by atoms with Crippen LogP contribution in [0.5, 0.6) is 0 Å². The van der Waals surface area contributed by atoms with E-state index in [9.17, 15) is 0 Å². The molecule has 14 heavy (non-hydrogen) atoms. The fraction of sp³-hybridized carbons (Fsp3) is 1.00. The predicted octanol–water partition coefficient (Wildman–Crippen LogP) is 2.63. The predicted molar refractivity (Wildman–Crippen MR) is 64.5 cm³/mol. The largest absolute Gasteiger partial charge is 0.329 e. The molecule has 0 saturated heterocycles. The molecule has 0 bridgehead atoms. The summed E-state index contributed by atoms with van der Waals surface area (Å²) in [5.74, 6) is 0. The van der Waals surface area contributed by atoms with Gasteiger partial charge in [0.1, 0.15) is 0 Å². The first kappa shape index (κ1) is 13.9. The first-order valence-electron chi connectivity index (χ1n) is 6.15. The lowest BCUT2D eigenvalue weighted by atomic mass is 9.90. The number of hydrogen-bond acceptors (Lipinski definition) is 2. The van der Waals surface area contributed by atoms with Crippen LogP contribution in [0.2, 0.25) is 0 Å². The zero-order chi connectivity index (χ0) is 11.0. The Labute approximate surface area is 89.9 Å². The molecule has 2 nitrogen and oxygen atoms in total. The molecular weight excluding hydrogens is 172 g/mol. The van der Waals surface area contributed by atoms with Crippen LogP contribution in [0.3, 0.4) is 0 Å². The van der Waals surface area contributed by atoms with Gasteiger partial charge in [-0.3, -0.25) is 4.90 Å². The summed E-state index contributed by atoms with van der Waals surface area (Å²) in [6.07, 6.45) is 4.78. The van der Waals surface area contributed by atoms with Crippen molar-refractivity contribution >= 4 is 0 Å². The van der Waals surface area contributed by atoms with E-state index in [0.717, 1.165) is 6.54 Å². The summed E-state index contributed by atoms with van der Waals surface area (Å²) in [6, 6.07) is 0. The topological polar surface area (TPSA) is 29.3 Å². The lowest BCUT2D eigenvalue weighted by molar-refractivity contribution is 0.0847. The molecule has 0 unspecified atom stereocenters. The van der Waals surface area contributed by atoms with Crippen LogP contribution in [-0.4, -0.2) is 30.1 Å². The number of hydrogen-bond donors (Lipinski definition) is 1. The lowest BCUT2D eigenvalue weighted by Gasteiger charge is -2.42. The molecule has 0 aliphatic rings. The SMILES string of the molecule is CCCN(CCC)C(CC)(CC)CN. The molecule has 0 aromatic carbocycles. The smallest absolute Gasteiger partial charge is 0.0326 e. The molecule has 0 aromatic rings. The molecule has 0 rings (SSSR count). The van der Waals surface area contributed by atoms with Gasteiger partial charge in [0, 0.05) is 12.1 Å². The highest BCUT2D eigenvalue weighted by molar-refractivity contribution is 4.89. The third kappa shape index (κ3) is 3.25. The summed E-state index contributed by atoms with van der Waals surface area (Å²) in [7, 11) is 0. The molecule has 0 amide bonds. The van der Waals surface area contributed by atoms with Gasteiger partial charge in [0.05, 0.1) is 0 Å². The molecule has 0 radical (unpaired) electrons. The molecule has 0 aromatic heterocycles. The quantitative estimate of drug-likeness (QED) is 0.652. The Morgan fingerprint density at radius 2 is 1.36 bits per heavy atom. The van der Waals surface area contributed by atoms with Crippen molar-refractivity contribution in [2.75, 3.05) is 19.6 Å². The lowest BCUT2D eigenvalue weighted by Crippen LogP contribution is -2.53. The van der Waals surface area contributed by atoms with E-state index in [1.807, 2.05) is 0 Å². The van der Waals surface area contributed by atoms with E-state index in [0.29, 0.717) is 0 Å². The van der Waals surface area contributed by atoms with Crippen molar-refractivity contribution in [2.45, 2.75) is 58.9 Å². The highest BCUT2D eigenvalue weighted by Crippen LogP contribution is 2.23. The van der Waals surface area contributed by atoms with Crippen LogP contribution in [0.4, 0.5) is 0 Å². The maximum atomic E-state index is 5.95. The van der Waals surface area contributed by atoms with E-state index < -0.39 is 0 Å². The molecule has 0 aliphatic heterocycles. The highest BCUT2D eigenvalue weighted by atomic mass is 15.2. The minimum Gasteiger partial charge on any atom is -0.329 e. The Bertz CT molecular complexity index is 116. The minimum atomic E-state index is 0.256. The van der Waals surface area contributed by atoms with E-state index >= 15 is 0 Å². The van der Waals surface area contributed by atoms with E-state index in [4.69, 9.17) is 5.73 Å². The third-order valence-corrected chi connectivity index (χ3v) is 3.35. The van der Waals surface area contributed by atoms with Gasteiger partial charge in [-0.05, 0) is 38.8 Å². The van der Waals surface area contributed by atoms with Gasteiger partial charge < -0.3 is 5.73 Å². The van der Waals surface area contributed by atoms with E-state index in [1.165, 1.54) is 38.8 Å². The number of rotatable bonds is 8. The number of nitrogens with two attached hydrogens (primary N) is 1. The second-order valence-electron chi connectivity index (χ2n) is 4.12. The van der Waals surface area contributed by atoms with Crippen LogP contribution in [0.25, 0.3) is 0 Å². The van der Waals surface area contributed by atoms with Crippen molar-refractivity contribution in [3.8, 4) is 0 Å². The van der Waals surface area contributed by atoms with Gasteiger partial charge in [-0.15, -0.1) is 0 Å². The first-order chi connectivity index (χ1) is 6.70. The van der Waals surface area contributed by atoms with Gasteiger partial charge in [0.15, 0.2) is 0 Å². The molecule has 0 atom stereocenters. The molecule has 2 heteroatoms. The fourth-order valence-electron chi connectivity index (χ4n) is 2.24. The second kappa shape index (κ2) is 7.24. The molecule has 0 aliphatic carbocycles. The summed E-state index contributed by atoms with van der Waals surface area (Å²) in [5.41, 5.74) is 6.20. The monoisotopic (exact) mass is 200 g/mol. The number of nitrogens with zero attached hydrogens (tertiary/aromatic N) is 1. The normalized spacial score (nSPS) is 12.4. The summed E-state index contributed by atoms with van der Waals surface area (Å²) in [4.78, 5) is 2.59. The Balaban J connectivity index is 4.52. The van der Waals surface area contributed by atoms with Gasteiger partial charge in [-0.1, -0.05) is 27.7 Å². The van der Waals surface area contributed by atoms with Gasteiger partial charge >= 0.3 is 0 Å². The van der Waals surface area contributed by atoms with Gasteiger partial charge in [0.2, 0.25) is 0 Å². The zero-order valence-electron chi connectivity index (χ0n) is 10.5. The van der Waals surface area contributed by atoms with Crippen molar-refractivity contribution in [1.82, 2.24) is 4.90 Å². The van der Waals surface area contributed by atoms with Crippen molar-refractivity contribution in [3.63, 3.8) is 0 Å². The van der Waals surface area contributed by atoms with Gasteiger partial charge in [-0.25, -0.2) is 0 Å². The summed E-state index contributed by atoms with van der Waals surface area (Å²) >= 11 is 0. The van der Waals surface area contributed by atoms with Gasteiger partial charge in [-0.2, -0.15) is 0 Å². The van der Waals surface area contributed by atoms with Crippen LogP contribution < -0.4 is 5.73 Å². The van der Waals surface area contributed by atoms with Crippen molar-refractivity contribution in [2.24, 2.45) is 5.73 Å². The summed E-state index contributed by atoms with van der Waals surface area (Å²) in [5, 5.41) is 0. The Morgan fingerprint density at radius 3 is 1.57 bits per heavy atom. The third-order valence-electron chi connectivity index (χ3n) is 3.35. The van der Waals surface area contributed by atoms with Crippen LogP contribution in [0.15, 0.2) is 0 Å². The zero-order valence-corrected chi connectivity index (χ0v) is 10.5. The van der Waals surface area contributed by atoms with Crippen molar-refractivity contribution in [3.05, 3.63) is 0 Å². The van der Waals surface area contributed by atoms with Crippen LogP contribution in [-0.2, 0) is 0 Å². The Hall–Kier alpha value is -0.0800. The van der Waals surface area contributed by atoms with E-state index in [1.54, 1.807) is 0 Å². The fourth-order valence-corrected chi connectivity index (χ4v) is 2.24. The molecule has 0 heterocycles. The molecule has 0 spiro atoms. The highest BCUT2D eigenvalue weighted by Gasteiger charge is 2.30. The van der Waals surface area contributed by atoms with Crippen molar-refractivity contribution in [1.29, 1.82) is 0 Å². The maximum Gasteiger partial charge on any atom is 0.0326 e. The van der Waals surface area contributed by atoms with Crippen LogP contribution >= 0.6 is 0 Å². The van der Waals surface area contributed by atoms with Crippen molar-refractivity contribution < 1.29 is 0 Å². The average molecular weight is 200 g/mol. The first-order valence-corrected chi connectivity index (χ1v) is 6.15. The molecule has 86 valence electrons.